The van der Waals surface area contributed by atoms with E-state index in [4.69, 9.17) is 4.74 Å². The van der Waals surface area contributed by atoms with Crippen LogP contribution in [0.3, 0.4) is 0 Å². The van der Waals surface area contributed by atoms with Crippen LogP contribution in [0.2, 0.25) is 0 Å². The van der Waals surface area contributed by atoms with Crippen molar-refractivity contribution in [1.29, 1.82) is 0 Å². The minimum Gasteiger partial charge on any atom is -0.443 e. The molecule has 0 atom stereocenters. The molecule has 1 aliphatic carbocycles. The van der Waals surface area contributed by atoms with Gasteiger partial charge < -0.3 is 9.64 Å². The van der Waals surface area contributed by atoms with Crippen LogP contribution in [0, 0.1) is 0 Å². The van der Waals surface area contributed by atoms with Crippen LogP contribution in [-0.2, 0) is 35.8 Å². The Balaban J connectivity index is 1.56. The van der Waals surface area contributed by atoms with Crippen molar-refractivity contribution in [2.24, 2.45) is 0 Å². The summed E-state index contributed by atoms with van der Waals surface area (Å²) in [5, 5.41) is 0. The van der Waals surface area contributed by atoms with Crippen LogP contribution >= 0.6 is 0 Å². The van der Waals surface area contributed by atoms with Gasteiger partial charge in [0.15, 0.2) is 5.71 Å². The van der Waals surface area contributed by atoms with E-state index in [1.807, 2.05) is 45.0 Å². The van der Waals surface area contributed by atoms with Crippen LogP contribution in [0.1, 0.15) is 98.1 Å². The Morgan fingerprint density at radius 1 is 0.839 bits per heavy atom. The Morgan fingerprint density at radius 2 is 1.45 bits per heavy atom. The topological polar surface area (TPSA) is 145 Å². The summed E-state index contributed by atoms with van der Waals surface area (Å²) < 4.78 is 72.4. The number of rotatable bonds is 14. The maximum absolute atomic E-state index is 13.7. The van der Waals surface area contributed by atoms with Crippen molar-refractivity contribution in [3.05, 3.63) is 107 Å². The zero-order valence-corrected chi connectivity index (χ0v) is 35.6. The minimum atomic E-state index is -4.05. The van der Waals surface area contributed by atoms with Gasteiger partial charge in [0.1, 0.15) is 12.1 Å². The van der Waals surface area contributed by atoms with E-state index in [1.54, 1.807) is 11.9 Å². The molecule has 11 nitrogen and oxygen atoms in total. The number of carbonyl (C=O) groups is 1. The molecule has 0 saturated carbocycles. The molecule has 0 fully saturated rings. The number of hydrogen-bond donors (Lipinski definition) is 2. The molecule has 0 saturated heterocycles. The first-order valence-electron chi connectivity index (χ1n) is 19.3. The maximum atomic E-state index is 13.7. The SMILES string of the molecule is CN(C(=O)OC(C)(C)C)C1=C(C=CC2=[N+](CCCCS(=O)(=O)O)c3ccccc3C2(C)C)CCC1=CC=C1N(CCCCS(=O)(=O)O)c2ccccc2C1(C)C. The lowest BCUT2D eigenvalue weighted by atomic mass is 9.81. The van der Waals surface area contributed by atoms with E-state index < -0.39 is 31.9 Å². The number of likely N-dealkylation sites (N-methyl/N-ethyl adjacent to an activating group) is 1. The quantitative estimate of drug-likeness (QED) is 0.109. The summed E-state index contributed by atoms with van der Waals surface area (Å²) in [6.45, 7) is 15.4. The van der Waals surface area contributed by atoms with Crippen LogP contribution in [0.15, 0.2) is 95.4 Å². The van der Waals surface area contributed by atoms with E-state index >= 15 is 0 Å². The molecule has 2 aromatic carbocycles. The number of benzene rings is 2. The van der Waals surface area contributed by atoms with Crippen molar-refractivity contribution in [2.45, 2.75) is 103 Å². The summed E-state index contributed by atoms with van der Waals surface area (Å²) in [4.78, 5) is 17.5. The standard InChI is InChI=1S/C43H57N3O8S2/c1-41(2,3)54-40(47)44(8)39-31(23-25-37-42(4,5)33-17-9-11-19-35(33)45(37)27-13-15-29-55(48,49)50)21-22-32(39)24-26-38-43(6,7)34-18-10-12-20-36(34)46(38)28-14-16-30-56(51,52)53/h9-12,17-20,23-26H,13-16,21-22,27-30H2,1-8H3,(H-,48,49,50,51,52,53)/p+1. The number of fused-ring (bicyclic) bond motifs is 2. The minimum absolute atomic E-state index is 0.287. The number of ether oxygens (including phenoxy) is 1. The van der Waals surface area contributed by atoms with Gasteiger partial charge in [0.05, 0.1) is 22.6 Å². The summed E-state index contributed by atoms with van der Waals surface area (Å²) in [5.41, 5.74) is 7.85. The number of carbonyl (C=O) groups excluding carboxylic acids is 1. The molecule has 0 unspecified atom stereocenters. The second-order valence-corrected chi connectivity index (χ2v) is 20.1. The summed E-state index contributed by atoms with van der Waals surface area (Å²) in [6, 6.07) is 16.4. The molecule has 56 heavy (non-hydrogen) atoms. The van der Waals surface area contributed by atoms with Gasteiger partial charge in [0.2, 0.25) is 5.69 Å². The smallest absolute Gasteiger partial charge is 0.414 e. The van der Waals surface area contributed by atoms with E-state index in [0.29, 0.717) is 51.6 Å². The monoisotopic (exact) mass is 808 g/mol. The molecule has 13 heteroatoms. The Labute approximate surface area is 333 Å². The van der Waals surface area contributed by atoms with Gasteiger partial charge in [-0.25, -0.2) is 4.79 Å². The molecule has 2 heterocycles. The van der Waals surface area contributed by atoms with Crippen LogP contribution < -0.4 is 4.90 Å². The van der Waals surface area contributed by atoms with Gasteiger partial charge in [-0.3, -0.25) is 14.0 Å². The third kappa shape index (κ3) is 9.90. The molecule has 0 spiro atoms. The normalized spacial score (nSPS) is 19.4. The second kappa shape index (κ2) is 16.4. The van der Waals surface area contributed by atoms with Gasteiger partial charge in [-0.1, -0.05) is 62.4 Å². The third-order valence-corrected chi connectivity index (χ3v) is 12.4. The average Bonchev–Trinajstić information content (AvgIpc) is 3.66. The van der Waals surface area contributed by atoms with Crippen LogP contribution in [-0.4, -0.2) is 84.5 Å². The van der Waals surface area contributed by atoms with Crippen LogP contribution in [0.25, 0.3) is 0 Å². The van der Waals surface area contributed by atoms with Gasteiger partial charge in [-0.05, 0) is 95.6 Å². The largest absolute Gasteiger partial charge is 0.443 e. The van der Waals surface area contributed by atoms with Crippen LogP contribution in [0.5, 0.6) is 0 Å². The number of nitrogens with zero attached hydrogens (tertiary/aromatic N) is 3. The number of unbranched alkanes of at least 4 members (excludes halogenated alkanes) is 2. The fraction of sp³-hybridized carbons (Fsp3) is 0.488. The highest BCUT2D eigenvalue weighted by molar-refractivity contribution is 7.86. The lowest BCUT2D eigenvalue weighted by Crippen LogP contribution is -2.34. The van der Waals surface area contributed by atoms with Crippen molar-refractivity contribution in [3.63, 3.8) is 0 Å². The zero-order chi connectivity index (χ0) is 41.3. The molecule has 5 rings (SSSR count). The zero-order valence-electron chi connectivity index (χ0n) is 34.0. The van der Waals surface area contributed by atoms with E-state index in [9.17, 15) is 30.7 Å². The van der Waals surface area contributed by atoms with Crippen molar-refractivity contribution in [1.82, 2.24) is 4.90 Å². The molecule has 2 aliphatic heterocycles. The predicted molar refractivity (Wildman–Crippen MR) is 223 cm³/mol. The van der Waals surface area contributed by atoms with Gasteiger partial charge in [0.25, 0.3) is 20.2 Å². The first-order valence-corrected chi connectivity index (χ1v) is 22.5. The fourth-order valence-corrected chi connectivity index (χ4v) is 9.26. The van der Waals surface area contributed by atoms with E-state index in [-0.39, 0.29) is 22.3 Å². The summed E-state index contributed by atoms with van der Waals surface area (Å²) in [5.74, 6) is -0.574. The summed E-state index contributed by atoms with van der Waals surface area (Å²) >= 11 is 0. The average molecular weight is 809 g/mol. The Hall–Kier alpha value is -4.04. The number of para-hydroxylation sites is 2. The first-order chi connectivity index (χ1) is 26.0. The molecular weight excluding hydrogens is 751 g/mol. The molecule has 0 aromatic heterocycles. The van der Waals surface area contributed by atoms with Crippen molar-refractivity contribution in [3.8, 4) is 0 Å². The molecule has 0 radical (unpaired) electrons. The maximum Gasteiger partial charge on any atom is 0.414 e. The van der Waals surface area contributed by atoms with Gasteiger partial charge in [-0.15, -0.1) is 0 Å². The van der Waals surface area contributed by atoms with E-state index in [1.165, 1.54) is 0 Å². The van der Waals surface area contributed by atoms with Crippen molar-refractivity contribution in [2.75, 3.05) is 36.5 Å². The van der Waals surface area contributed by atoms with Crippen molar-refractivity contribution < 1.29 is 40.0 Å². The molecule has 3 aliphatic rings. The molecule has 304 valence electrons. The lowest BCUT2D eigenvalue weighted by Gasteiger charge is -2.28. The van der Waals surface area contributed by atoms with E-state index in [2.05, 4.69) is 85.7 Å². The first kappa shape index (κ1) is 43.1. The predicted octanol–water partition coefficient (Wildman–Crippen LogP) is 8.48. The molecule has 1 amide bonds. The molecule has 0 bridgehead atoms. The number of anilines is 1. The highest BCUT2D eigenvalue weighted by Gasteiger charge is 2.44. The molecule has 2 aromatic rings. The van der Waals surface area contributed by atoms with Gasteiger partial charge in [-0.2, -0.15) is 21.4 Å². The Morgan fingerprint density at radius 3 is 2.09 bits per heavy atom. The van der Waals surface area contributed by atoms with Crippen molar-refractivity contribution >= 4 is 43.4 Å². The lowest BCUT2D eigenvalue weighted by molar-refractivity contribution is -0.438. The Kier molecular flexibility index (Phi) is 12.6. The van der Waals surface area contributed by atoms with E-state index in [0.717, 1.165) is 50.8 Å². The third-order valence-electron chi connectivity index (χ3n) is 10.8. The molecule has 2 N–H and O–H groups in total. The summed E-state index contributed by atoms with van der Waals surface area (Å²) in [6.07, 6.45) is 11.1. The highest BCUT2D eigenvalue weighted by Crippen LogP contribution is 2.48. The summed E-state index contributed by atoms with van der Waals surface area (Å²) in [7, 11) is -6.36. The Bertz CT molecular complexity index is 2220. The highest BCUT2D eigenvalue weighted by atomic mass is 32.2. The number of allylic oxidation sites excluding steroid dienone is 7. The van der Waals surface area contributed by atoms with Gasteiger partial charge >= 0.3 is 6.09 Å². The number of hydrogen-bond acceptors (Lipinski definition) is 7. The van der Waals surface area contributed by atoms with Crippen LogP contribution in [0.4, 0.5) is 16.2 Å². The second-order valence-electron chi connectivity index (χ2n) is 16.9. The molecular formula is C43H58N3O8S2+. The fourth-order valence-electron chi connectivity index (χ4n) is 8.12. The number of amides is 1. The van der Waals surface area contributed by atoms with Gasteiger partial charge in [0, 0.05) is 54.5 Å².